The Morgan fingerprint density at radius 2 is 1.36 bits per heavy atom. The zero-order chi connectivity index (χ0) is 20.8. The molecule has 0 unspecified atom stereocenters. The summed E-state index contributed by atoms with van der Waals surface area (Å²) in [7, 11) is 0. The summed E-state index contributed by atoms with van der Waals surface area (Å²) in [5, 5.41) is 0.239. The summed E-state index contributed by atoms with van der Waals surface area (Å²) >= 11 is 44.3. The molecule has 12 heteroatoms. The van der Waals surface area contributed by atoms with E-state index >= 15 is 0 Å². The molecule has 1 heterocycles. The van der Waals surface area contributed by atoms with E-state index in [1.165, 1.54) is 12.1 Å². The number of fused-ring (bicyclic) bond motifs is 5. The van der Waals surface area contributed by atoms with Crippen molar-refractivity contribution in [2.75, 3.05) is 0 Å². The SMILES string of the molecule is O=C(NN1C(=O)[C@@H]2[C@H](C1=O)[C@@]1(Cl)C(Cl)=C(Cl)[C@@]2(Cl)C1(Cl)Cl)c1ccccc1Cl. The normalized spacial score (nSPS) is 35.6. The molecule has 1 saturated carbocycles. The number of hydrogen-bond acceptors (Lipinski definition) is 3. The largest absolute Gasteiger partial charge is 0.272 e. The van der Waals surface area contributed by atoms with Gasteiger partial charge >= 0.3 is 0 Å². The average Bonchev–Trinajstić information content (AvgIpc) is 3.01. The number of imide groups is 1. The molecule has 1 aromatic carbocycles. The molecule has 28 heavy (non-hydrogen) atoms. The molecule has 4 rings (SSSR count). The smallest absolute Gasteiger partial charge is 0.271 e. The summed E-state index contributed by atoms with van der Waals surface area (Å²) in [6.45, 7) is 0. The molecule has 0 radical (unpaired) electrons. The van der Waals surface area contributed by atoms with Crippen molar-refractivity contribution in [3.05, 3.63) is 44.9 Å². The summed E-state index contributed by atoms with van der Waals surface area (Å²) in [5.74, 6) is -5.15. The number of alkyl halides is 4. The summed E-state index contributed by atoms with van der Waals surface area (Å²) < 4.78 is -2.03. The van der Waals surface area contributed by atoms with Crippen LogP contribution < -0.4 is 5.43 Å². The molecule has 1 aromatic rings. The van der Waals surface area contributed by atoms with E-state index in [-0.39, 0.29) is 20.7 Å². The molecule has 2 aliphatic carbocycles. The molecule has 2 bridgehead atoms. The molecule has 1 N–H and O–H groups in total. The Bertz CT molecular complexity index is 950. The fourth-order valence-electron chi connectivity index (χ4n) is 3.91. The third-order valence-electron chi connectivity index (χ3n) is 5.24. The van der Waals surface area contributed by atoms with Crippen molar-refractivity contribution >= 4 is 98.9 Å². The van der Waals surface area contributed by atoms with Gasteiger partial charge in [-0.1, -0.05) is 70.1 Å². The molecule has 2 fully saturated rings. The number of carbonyl (C=O) groups is 3. The van der Waals surface area contributed by atoms with Crippen molar-refractivity contribution < 1.29 is 14.4 Å². The van der Waals surface area contributed by atoms with E-state index in [2.05, 4.69) is 5.43 Å². The lowest BCUT2D eigenvalue weighted by Crippen LogP contribution is -2.54. The highest BCUT2D eigenvalue weighted by Crippen LogP contribution is 2.77. The maximum atomic E-state index is 13.0. The Morgan fingerprint density at radius 3 is 1.82 bits per heavy atom. The first kappa shape index (κ1) is 20.9. The van der Waals surface area contributed by atoms with Gasteiger partial charge in [0, 0.05) is 0 Å². The standard InChI is InChI=1S/C16H7Cl7N2O3/c17-6-4-2-1-3-5(6)11(26)24-25-12(27)7-8(13(25)28)15(21)10(19)9(18)14(7,20)16(15,22)23/h1-4,7-8H,(H,24,26)/t7-,8+,14-,15-/m1/s1. The maximum Gasteiger partial charge on any atom is 0.271 e. The van der Waals surface area contributed by atoms with E-state index in [4.69, 9.17) is 81.2 Å². The lowest BCUT2D eigenvalue weighted by Gasteiger charge is -2.34. The molecular formula is C16H7Cl7N2O3. The Kier molecular flexibility index (Phi) is 4.69. The minimum atomic E-state index is -2.03. The molecule has 1 aliphatic heterocycles. The minimum absolute atomic E-state index is 0.0594. The molecule has 148 valence electrons. The molecule has 0 spiro atoms. The van der Waals surface area contributed by atoms with Gasteiger partial charge in [-0.05, 0) is 12.1 Å². The average molecular weight is 523 g/mol. The summed E-state index contributed by atoms with van der Waals surface area (Å²) in [6, 6.07) is 6.11. The summed E-state index contributed by atoms with van der Waals surface area (Å²) in [6.07, 6.45) is 0. The zero-order valence-electron chi connectivity index (χ0n) is 13.3. The number of nitrogens with zero attached hydrogens (tertiary/aromatic N) is 1. The lowest BCUT2D eigenvalue weighted by atomic mass is 9.84. The number of halogens is 7. The van der Waals surface area contributed by atoms with E-state index in [1.807, 2.05) is 0 Å². The van der Waals surface area contributed by atoms with Gasteiger partial charge in [0.05, 0.1) is 32.5 Å². The number of allylic oxidation sites excluding steroid dienone is 2. The topological polar surface area (TPSA) is 66.5 Å². The molecule has 1 saturated heterocycles. The number of hydrogen-bond donors (Lipinski definition) is 1. The molecule has 0 aromatic heterocycles. The number of nitrogens with one attached hydrogen (secondary N) is 1. The fourth-order valence-corrected chi connectivity index (χ4v) is 7.06. The number of rotatable bonds is 2. The minimum Gasteiger partial charge on any atom is -0.272 e. The zero-order valence-corrected chi connectivity index (χ0v) is 18.6. The molecular weight excluding hydrogens is 516 g/mol. The van der Waals surface area contributed by atoms with E-state index in [9.17, 15) is 14.4 Å². The predicted molar refractivity (Wildman–Crippen MR) is 108 cm³/mol. The van der Waals surface area contributed by atoms with E-state index < -0.39 is 43.6 Å². The van der Waals surface area contributed by atoms with Crippen molar-refractivity contribution in [1.29, 1.82) is 0 Å². The number of hydrazine groups is 1. The summed E-state index contributed by atoms with van der Waals surface area (Å²) in [4.78, 5) is 34.6. The predicted octanol–water partition coefficient (Wildman–Crippen LogP) is 4.43. The van der Waals surface area contributed by atoms with Crippen molar-refractivity contribution in [2.45, 2.75) is 14.1 Å². The second-order valence-electron chi connectivity index (χ2n) is 6.51. The lowest BCUT2D eigenvalue weighted by molar-refractivity contribution is -0.143. The molecule has 5 nitrogen and oxygen atoms in total. The highest BCUT2D eigenvalue weighted by atomic mass is 35.5. The van der Waals surface area contributed by atoms with Crippen molar-refractivity contribution in [3.8, 4) is 0 Å². The quantitative estimate of drug-likeness (QED) is 0.461. The van der Waals surface area contributed by atoms with Crippen LogP contribution in [-0.4, -0.2) is 36.8 Å². The van der Waals surface area contributed by atoms with Gasteiger partial charge in [-0.2, -0.15) is 5.01 Å². The van der Waals surface area contributed by atoms with Crippen LogP contribution in [0.3, 0.4) is 0 Å². The van der Waals surface area contributed by atoms with Gasteiger partial charge in [-0.3, -0.25) is 19.8 Å². The molecule has 4 atom stereocenters. The van der Waals surface area contributed by atoms with Crippen LogP contribution in [0.25, 0.3) is 0 Å². The van der Waals surface area contributed by atoms with Crippen LogP contribution in [0.5, 0.6) is 0 Å². The van der Waals surface area contributed by atoms with Crippen molar-refractivity contribution in [2.24, 2.45) is 11.8 Å². The van der Waals surface area contributed by atoms with E-state index in [0.717, 1.165) is 0 Å². The molecule has 3 amide bonds. The highest BCUT2D eigenvalue weighted by molar-refractivity contribution is 6.66. The third kappa shape index (κ3) is 2.16. The second kappa shape index (κ2) is 6.30. The Balaban J connectivity index is 1.74. The Labute approximate surface area is 193 Å². The van der Waals surface area contributed by atoms with Crippen molar-refractivity contribution in [1.82, 2.24) is 10.4 Å². The van der Waals surface area contributed by atoms with Crippen LogP contribution in [0.2, 0.25) is 5.02 Å². The van der Waals surface area contributed by atoms with Crippen LogP contribution in [-0.2, 0) is 9.59 Å². The number of amides is 3. The van der Waals surface area contributed by atoms with Crippen LogP contribution in [0, 0.1) is 11.8 Å². The van der Waals surface area contributed by atoms with Crippen LogP contribution in [0.1, 0.15) is 10.4 Å². The second-order valence-corrected chi connectivity index (χ2v) is 10.2. The maximum absolute atomic E-state index is 13.0. The van der Waals surface area contributed by atoms with Crippen molar-refractivity contribution in [3.63, 3.8) is 0 Å². The number of carbonyl (C=O) groups excluding carboxylic acids is 3. The van der Waals surface area contributed by atoms with Gasteiger partial charge in [-0.25, -0.2) is 0 Å². The highest BCUT2D eigenvalue weighted by Gasteiger charge is 2.87. The molecule has 3 aliphatic rings. The first-order chi connectivity index (χ1) is 12.9. The van der Waals surface area contributed by atoms with Crippen LogP contribution in [0.15, 0.2) is 34.3 Å². The van der Waals surface area contributed by atoms with E-state index in [0.29, 0.717) is 5.01 Å². The van der Waals surface area contributed by atoms with Crippen LogP contribution in [0.4, 0.5) is 0 Å². The van der Waals surface area contributed by atoms with Gasteiger partial charge in [-0.15, -0.1) is 23.2 Å². The Hall–Kier alpha value is -0.400. The van der Waals surface area contributed by atoms with Gasteiger partial charge in [0.15, 0.2) is 4.33 Å². The van der Waals surface area contributed by atoms with Gasteiger partial charge in [0.2, 0.25) is 0 Å². The first-order valence-electron chi connectivity index (χ1n) is 7.67. The Morgan fingerprint density at radius 1 is 0.893 bits per heavy atom. The van der Waals surface area contributed by atoms with Gasteiger partial charge in [0.1, 0.15) is 9.75 Å². The summed E-state index contributed by atoms with van der Waals surface area (Å²) in [5.41, 5.74) is 2.29. The number of benzene rings is 1. The van der Waals surface area contributed by atoms with Gasteiger partial charge < -0.3 is 0 Å². The fraction of sp³-hybridized carbons (Fsp3) is 0.312. The van der Waals surface area contributed by atoms with Crippen LogP contribution >= 0.6 is 81.2 Å². The van der Waals surface area contributed by atoms with E-state index in [1.54, 1.807) is 12.1 Å². The van der Waals surface area contributed by atoms with Gasteiger partial charge in [0.25, 0.3) is 17.7 Å². The first-order valence-corrected chi connectivity index (χ1v) is 10.3. The monoisotopic (exact) mass is 520 g/mol. The third-order valence-corrected chi connectivity index (χ3v) is 9.83.